The van der Waals surface area contributed by atoms with Gasteiger partial charge in [0, 0.05) is 11.3 Å². The first kappa shape index (κ1) is 14.5. The number of carbonyl (C=O) groups is 1. The first-order valence-corrected chi connectivity index (χ1v) is 8.31. The number of nitrogen functional groups attached to an aromatic ring is 1. The third kappa shape index (κ3) is 3.56. The summed E-state index contributed by atoms with van der Waals surface area (Å²) in [5.74, 6) is 0.636. The largest absolute Gasteiger partial charge is 0.481 e. The first-order valence-electron chi connectivity index (χ1n) is 6.28. The summed E-state index contributed by atoms with van der Waals surface area (Å²) in [6.45, 7) is 2.17. The molecule has 0 radical (unpaired) electrons. The number of carboxylic acids is 1. The molecular weight excluding hydrogens is 284 g/mol. The molecule has 6 nitrogen and oxygen atoms in total. The van der Waals surface area contributed by atoms with Gasteiger partial charge in [-0.05, 0) is 25.0 Å². The molecule has 0 bridgehead atoms. The SMILES string of the molecule is CCSC1CCC(n2c(N)nnc2SCC(=O)O)C1. The summed E-state index contributed by atoms with van der Waals surface area (Å²) in [5.41, 5.74) is 5.87. The molecule has 1 saturated carbocycles. The molecule has 19 heavy (non-hydrogen) atoms. The summed E-state index contributed by atoms with van der Waals surface area (Å²) in [5, 5.41) is 17.9. The van der Waals surface area contributed by atoms with Crippen LogP contribution in [0.25, 0.3) is 0 Å². The van der Waals surface area contributed by atoms with E-state index < -0.39 is 5.97 Å². The zero-order valence-electron chi connectivity index (χ0n) is 10.8. The van der Waals surface area contributed by atoms with Crippen LogP contribution in [0.5, 0.6) is 0 Å². The molecule has 1 aliphatic rings. The Morgan fingerprint density at radius 1 is 1.53 bits per heavy atom. The fourth-order valence-electron chi connectivity index (χ4n) is 2.40. The highest BCUT2D eigenvalue weighted by Crippen LogP contribution is 2.39. The molecular formula is C11H18N4O2S2. The number of thioether (sulfide) groups is 2. The molecule has 1 heterocycles. The number of carboxylic acid groups (broad SMARTS) is 1. The summed E-state index contributed by atoms with van der Waals surface area (Å²) >= 11 is 3.15. The van der Waals surface area contributed by atoms with Crippen LogP contribution in [-0.4, -0.2) is 42.6 Å². The number of aromatic nitrogens is 3. The quantitative estimate of drug-likeness (QED) is 0.775. The van der Waals surface area contributed by atoms with Gasteiger partial charge in [0.1, 0.15) is 0 Å². The summed E-state index contributed by atoms with van der Waals surface area (Å²) < 4.78 is 1.91. The van der Waals surface area contributed by atoms with Gasteiger partial charge in [-0.3, -0.25) is 9.36 Å². The van der Waals surface area contributed by atoms with E-state index in [1.54, 1.807) is 0 Å². The minimum atomic E-state index is -0.857. The minimum absolute atomic E-state index is 0.0159. The highest BCUT2D eigenvalue weighted by atomic mass is 32.2. The van der Waals surface area contributed by atoms with Crippen molar-refractivity contribution in [3.8, 4) is 0 Å². The normalized spacial score (nSPS) is 22.8. The second kappa shape index (κ2) is 6.51. The van der Waals surface area contributed by atoms with Gasteiger partial charge in [-0.15, -0.1) is 10.2 Å². The standard InChI is InChI=1S/C11H18N4O2S2/c1-2-18-8-4-3-7(5-8)15-10(12)13-14-11(15)19-6-9(16)17/h7-8H,2-6H2,1H3,(H2,12,13)(H,16,17). The minimum Gasteiger partial charge on any atom is -0.481 e. The number of anilines is 1. The van der Waals surface area contributed by atoms with E-state index in [1.807, 2.05) is 16.3 Å². The van der Waals surface area contributed by atoms with Gasteiger partial charge in [0.05, 0.1) is 5.75 Å². The number of hydrogen-bond donors (Lipinski definition) is 2. The smallest absolute Gasteiger partial charge is 0.313 e. The fourth-order valence-corrected chi connectivity index (χ4v) is 4.26. The van der Waals surface area contributed by atoms with Gasteiger partial charge in [-0.25, -0.2) is 0 Å². The van der Waals surface area contributed by atoms with Crippen LogP contribution in [0.1, 0.15) is 32.2 Å². The molecule has 1 fully saturated rings. The summed E-state index contributed by atoms with van der Waals surface area (Å²) in [6, 6.07) is 0.301. The second-order valence-electron chi connectivity index (χ2n) is 4.44. The molecule has 2 unspecified atom stereocenters. The third-order valence-corrected chi connectivity index (χ3v) is 5.30. The van der Waals surface area contributed by atoms with Gasteiger partial charge in [0.2, 0.25) is 5.95 Å². The number of aliphatic carboxylic acids is 1. The summed E-state index contributed by atoms with van der Waals surface area (Å²) in [6.07, 6.45) is 3.28. The van der Waals surface area contributed by atoms with Crippen molar-refractivity contribution in [2.24, 2.45) is 0 Å². The Kier molecular flexibility index (Phi) is 4.98. The maximum atomic E-state index is 10.6. The molecule has 0 saturated heterocycles. The van der Waals surface area contributed by atoms with Crippen molar-refractivity contribution in [3.05, 3.63) is 0 Å². The van der Waals surface area contributed by atoms with Gasteiger partial charge in [0.25, 0.3) is 0 Å². The van der Waals surface area contributed by atoms with Gasteiger partial charge < -0.3 is 10.8 Å². The molecule has 0 amide bonds. The zero-order valence-corrected chi connectivity index (χ0v) is 12.4. The zero-order chi connectivity index (χ0) is 13.8. The van der Waals surface area contributed by atoms with Gasteiger partial charge >= 0.3 is 5.97 Å². The molecule has 3 N–H and O–H groups in total. The van der Waals surface area contributed by atoms with Crippen LogP contribution in [0.15, 0.2) is 5.16 Å². The average molecular weight is 302 g/mol. The van der Waals surface area contributed by atoms with Crippen LogP contribution in [0.3, 0.4) is 0 Å². The lowest BCUT2D eigenvalue weighted by atomic mass is 10.2. The van der Waals surface area contributed by atoms with Crippen LogP contribution in [0, 0.1) is 0 Å². The molecule has 1 aromatic rings. The molecule has 0 aliphatic heterocycles. The van der Waals surface area contributed by atoms with E-state index in [4.69, 9.17) is 10.8 Å². The van der Waals surface area contributed by atoms with Crippen molar-refractivity contribution in [2.45, 2.75) is 42.6 Å². The number of rotatable bonds is 6. The Bertz CT molecular complexity index is 452. The van der Waals surface area contributed by atoms with E-state index in [1.165, 1.54) is 18.2 Å². The Morgan fingerprint density at radius 3 is 3.00 bits per heavy atom. The van der Waals surface area contributed by atoms with Gasteiger partial charge in [-0.2, -0.15) is 11.8 Å². The van der Waals surface area contributed by atoms with Crippen LogP contribution < -0.4 is 5.73 Å². The number of nitrogens with two attached hydrogens (primary N) is 1. The summed E-state index contributed by atoms with van der Waals surface area (Å²) in [4.78, 5) is 10.6. The topological polar surface area (TPSA) is 94.0 Å². The predicted octanol–water partition coefficient (Wildman–Crippen LogP) is 1.88. The highest BCUT2D eigenvalue weighted by Gasteiger charge is 2.29. The van der Waals surface area contributed by atoms with Crippen molar-refractivity contribution in [2.75, 3.05) is 17.2 Å². The van der Waals surface area contributed by atoms with Crippen molar-refractivity contribution in [3.63, 3.8) is 0 Å². The highest BCUT2D eigenvalue weighted by molar-refractivity contribution is 8.00. The lowest BCUT2D eigenvalue weighted by Gasteiger charge is -2.15. The molecule has 1 aromatic heterocycles. The maximum absolute atomic E-state index is 10.6. The maximum Gasteiger partial charge on any atom is 0.313 e. The van der Waals surface area contributed by atoms with E-state index in [2.05, 4.69) is 17.1 Å². The van der Waals surface area contributed by atoms with Crippen molar-refractivity contribution >= 4 is 35.4 Å². The van der Waals surface area contributed by atoms with E-state index >= 15 is 0 Å². The molecule has 1 aliphatic carbocycles. The Balaban J connectivity index is 2.07. The van der Waals surface area contributed by atoms with Crippen LogP contribution in [-0.2, 0) is 4.79 Å². The average Bonchev–Trinajstić information content (AvgIpc) is 2.94. The van der Waals surface area contributed by atoms with Crippen molar-refractivity contribution < 1.29 is 9.90 Å². The third-order valence-electron chi connectivity index (χ3n) is 3.14. The van der Waals surface area contributed by atoms with Gasteiger partial charge in [-0.1, -0.05) is 18.7 Å². The monoisotopic (exact) mass is 302 g/mol. The number of nitrogens with zero attached hydrogens (tertiary/aromatic N) is 3. The number of hydrogen-bond acceptors (Lipinski definition) is 6. The Morgan fingerprint density at radius 2 is 2.32 bits per heavy atom. The van der Waals surface area contributed by atoms with E-state index in [9.17, 15) is 4.79 Å². The summed E-state index contributed by atoms with van der Waals surface area (Å²) in [7, 11) is 0. The lowest BCUT2D eigenvalue weighted by molar-refractivity contribution is -0.133. The van der Waals surface area contributed by atoms with Gasteiger partial charge in [0.15, 0.2) is 5.16 Å². The van der Waals surface area contributed by atoms with Crippen molar-refractivity contribution in [1.29, 1.82) is 0 Å². The van der Waals surface area contributed by atoms with Crippen LogP contribution in [0.4, 0.5) is 5.95 Å². The van der Waals surface area contributed by atoms with E-state index in [0.717, 1.165) is 18.6 Å². The van der Waals surface area contributed by atoms with Crippen LogP contribution in [0.2, 0.25) is 0 Å². The van der Waals surface area contributed by atoms with Crippen LogP contribution >= 0.6 is 23.5 Å². The molecule has 106 valence electrons. The molecule has 8 heteroatoms. The van der Waals surface area contributed by atoms with E-state index in [0.29, 0.717) is 22.4 Å². The second-order valence-corrected chi connectivity index (χ2v) is 6.96. The first-order chi connectivity index (χ1) is 9.11. The molecule has 2 rings (SSSR count). The fraction of sp³-hybridized carbons (Fsp3) is 0.727. The molecule has 0 spiro atoms. The Labute approximate surface area is 120 Å². The lowest BCUT2D eigenvalue weighted by Crippen LogP contribution is -2.12. The molecule has 0 aromatic carbocycles. The molecule has 2 atom stereocenters. The Hall–Kier alpha value is -0.890. The van der Waals surface area contributed by atoms with Crippen molar-refractivity contribution in [1.82, 2.24) is 14.8 Å². The van der Waals surface area contributed by atoms with E-state index in [-0.39, 0.29) is 5.75 Å². The predicted molar refractivity (Wildman–Crippen MR) is 77.6 cm³/mol.